The third kappa shape index (κ3) is 6.71. The quantitative estimate of drug-likeness (QED) is 0.604. The zero-order valence-corrected chi connectivity index (χ0v) is 9.90. The highest BCUT2D eigenvalue weighted by molar-refractivity contribution is 5.74. The van der Waals surface area contributed by atoms with E-state index in [1.54, 1.807) is 0 Å². The third-order valence-corrected chi connectivity index (χ3v) is 1.69. The van der Waals surface area contributed by atoms with Gasteiger partial charge in [-0.3, -0.25) is 0 Å². The molecule has 0 aromatic rings. The summed E-state index contributed by atoms with van der Waals surface area (Å²) in [5.74, 6) is 0. The highest BCUT2D eigenvalue weighted by Gasteiger charge is 2.26. The van der Waals surface area contributed by atoms with E-state index in [0.717, 1.165) is 6.42 Å². The Morgan fingerprint density at radius 2 is 1.71 bits per heavy atom. The maximum absolute atomic E-state index is 11.2. The van der Waals surface area contributed by atoms with Gasteiger partial charge in [0.1, 0.15) is 0 Å². The average Bonchev–Trinajstić information content (AvgIpc) is 1.78. The summed E-state index contributed by atoms with van der Waals surface area (Å²) >= 11 is 0. The van der Waals surface area contributed by atoms with Crippen LogP contribution in [0.2, 0.25) is 0 Å². The van der Waals surface area contributed by atoms with Gasteiger partial charge in [-0.15, -0.1) is 0 Å². The number of carbonyl (C=O) groups is 1. The molecule has 0 fully saturated rings. The molecule has 0 saturated carbocycles. The van der Waals surface area contributed by atoms with E-state index in [-0.39, 0.29) is 23.7 Å². The maximum Gasteiger partial charge on any atom is 0.316 e. The fraction of sp³-hybridized carbons (Fsp3) is 0.900. The normalized spacial score (nSPS) is 12.4. The molecule has 0 aliphatic carbocycles. The van der Waals surface area contributed by atoms with Crippen LogP contribution in [-0.4, -0.2) is 18.2 Å². The maximum atomic E-state index is 11.2. The molecular formula is C10H23N3O. The average molecular weight is 201 g/mol. The van der Waals surface area contributed by atoms with Crippen molar-refractivity contribution < 1.29 is 4.79 Å². The monoisotopic (exact) mass is 201 g/mol. The van der Waals surface area contributed by atoms with Gasteiger partial charge in [0, 0.05) is 5.54 Å². The molecule has 4 N–H and O–H groups in total. The Morgan fingerprint density at radius 1 is 1.21 bits per heavy atom. The fourth-order valence-electron chi connectivity index (χ4n) is 1.81. The lowest BCUT2D eigenvalue weighted by Gasteiger charge is -2.33. The van der Waals surface area contributed by atoms with Crippen molar-refractivity contribution in [3.05, 3.63) is 0 Å². The number of amides is 2. The van der Waals surface area contributed by atoms with Crippen LogP contribution in [0.3, 0.4) is 0 Å². The Labute approximate surface area is 86.6 Å². The fourth-order valence-corrected chi connectivity index (χ4v) is 1.81. The van der Waals surface area contributed by atoms with Gasteiger partial charge in [-0.25, -0.2) is 4.79 Å². The molecule has 84 valence electrons. The Kier molecular flexibility index (Phi) is 4.39. The van der Waals surface area contributed by atoms with Crippen LogP contribution in [0.4, 0.5) is 4.79 Å². The van der Waals surface area contributed by atoms with Crippen molar-refractivity contribution in [3.63, 3.8) is 0 Å². The largest absolute Gasteiger partial charge is 0.333 e. The predicted octanol–water partition coefficient (Wildman–Crippen LogP) is 1.42. The van der Waals surface area contributed by atoms with Crippen LogP contribution in [0.1, 0.15) is 41.0 Å². The highest BCUT2D eigenvalue weighted by Crippen LogP contribution is 2.26. The number of carbonyl (C=O) groups excluding carboxylic acids is 1. The molecule has 0 spiro atoms. The summed E-state index contributed by atoms with van der Waals surface area (Å²) in [6.07, 6.45) is 0.915. The summed E-state index contributed by atoms with van der Waals surface area (Å²) in [6, 6.07) is -0.207. The molecule has 0 aromatic carbocycles. The molecule has 2 amide bonds. The Hall–Kier alpha value is -0.770. The minimum Gasteiger partial charge on any atom is -0.333 e. The van der Waals surface area contributed by atoms with Gasteiger partial charge in [-0.2, -0.15) is 0 Å². The Morgan fingerprint density at radius 3 is 2.07 bits per heavy atom. The smallest absolute Gasteiger partial charge is 0.316 e. The first-order valence-corrected chi connectivity index (χ1v) is 4.92. The van der Waals surface area contributed by atoms with Gasteiger partial charge in [-0.1, -0.05) is 20.8 Å². The molecule has 14 heavy (non-hydrogen) atoms. The van der Waals surface area contributed by atoms with Crippen molar-refractivity contribution in [1.29, 1.82) is 0 Å². The molecule has 0 bridgehead atoms. The van der Waals surface area contributed by atoms with Crippen molar-refractivity contribution in [3.8, 4) is 0 Å². The zero-order valence-electron chi connectivity index (χ0n) is 9.90. The van der Waals surface area contributed by atoms with E-state index in [1.165, 1.54) is 0 Å². The molecule has 4 heteroatoms. The second-order valence-electron chi connectivity index (χ2n) is 5.46. The number of nitrogens with one attached hydrogen (secondary N) is 2. The molecule has 0 unspecified atom stereocenters. The molecule has 0 rings (SSSR count). The van der Waals surface area contributed by atoms with E-state index < -0.39 is 0 Å². The van der Waals surface area contributed by atoms with Crippen LogP contribution in [0.25, 0.3) is 0 Å². The van der Waals surface area contributed by atoms with E-state index in [0.29, 0.717) is 0 Å². The first-order chi connectivity index (χ1) is 6.16. The number of rotatable bonds is 3. The molecule has 0 aliphatic rings. The van der Waals surface area contributed by atoms with Gasteiger partial charge in [0.25, 0.3) is 0 Å². The van der Waals surface area contributed by atoms with Crippen molar-refractivity contribution in [2.24, 2.45) is 11.1 Å². The lowest BCUT2D eigenvalue weighted by atomic mass is 9.82. The van der Waals surface area contributed by atoms with Crippen LogP contribution < -0.4 is 16.4 Å². The van der Waals surface area contributed by atoms with E-state index in [9.17, 15) is 4.79 Å². The molecule has 0 saturated heterocycles. The van der Waals surface area contributed by atoms with Crippen molar-refractivity contribution in [1.82, 2.24) is 10.6 Å². The van der Waals surface area contributed by atoms with Gasteiger partial charge < -0.3 is 16.4 Å². The summed E-state index contributed by atoms with van der Waals surface area (Å²) in [6.45, 7) is 10.6. The van der Waals surface area contributed by atoms with Crippen molar-refractivity contribution >= 4 is 6.03 Å². The third-order valence-electron chi connectivity index (χ3n) is 1.69. The minimum atomic E-state index is -0.211. The van der Waals surface area contributed by atoms with Gasteiger partial charge in [0.05, 0.1) is 6.67 Å². The van der Waals surface area contributed by atoms with Crippen LogP contribution in [0, 0.1) is 5.41 Å². The second-order valence-corrected chi connectivity index (χ2v) is 5.46. The standard InChI is InChI=1S/C10H23N3O/c1-9(2,3)6-10(4,5)13-8(14)12-7-11/h6-7,11H2,1-5H3,(H2,12,13,14). The first-order valence-electron chi connectivity index (χ1n) is 4.92. The van der Waals surface area contributed by atoms with Crippen molar-refractivity contribution in [2.45, 2.75) is 46.6 Å². The van der Waals surface area contributed by atoms with Gasteiger partial charge >= 0.3 is 6.03 Å². The van der Waals surface area contributed by atoms with Gasteiger partial charge in [0.15, 0.2) is 0 Å². The van der Waals surface area contributed by atoms with Crippen LogP contribution >= 0.6 is 0 Å². The predicted molar refractivity (Wildman–Crippen MR) is 58.9 cm³/mol. The second kappa shape index (κ2) is 4.64. The first kappa shape index (κ1) is 13.2. The summed E-state index contributed by atoms with van der Waals surface area (Å²) in [4.78, 5) is 11.2. The molecule has 0 aromatic heterocycles. The van der Waals surface area contributed by atoms with Crippen molar-refractivity contribution in [2.75, 3.05) is 6.67 Å². The topological polar surface area (TPSA) is 67.2 Å². The number of hydrogen-bond acceptors (Lipinski definition) is 2. The number of urea groups is 1. The van der Waals surface area contributed by atoms with Gasteiger partial charge in [-0.05, 0) is 25.7 Å². The summed E-state index contributed by atoms with van der Waals surface area (Å²) in [7, 11) is 0. The van der Waals surface area contributed by atoms with E-state index in [1.807, 2.05) is 13.8 Å². The zero-order chi connectivity index (χ0) is 11.4. The Bertz CT molecular complexity index is 194. The molecular weight excluding hydrogens is 178 g/mol. The minimum absolute atomic E-state index is 0.164. The summed E-state index contributed by atoms with van der Waals surface area (Å²) in [5.41, 5.74) is 5.19. The number of nitrogens with two attached hydrogens (primary N) is 1. The van der Waals surface area contributed by atoms with Crippen LogP contribution in [0.15, 0.2) is 0 Å². The highest BCUT2D eigenvalue weighted by atomic mass is 16.2. The van der Waals surface area contributed by atoms with Crippen LogP contribution in [0.5, 0.6) is 0 Å². The molecule has 0 atom stereocenters. The summed E-state index contributed by atoms with van der Waals surface area (Å²) in [5, 5.41) is 5.40. The van der Waals surface area contributed by atoms with Gasteiger partial charge in [0.2, 0.25) is 0 Å². The van der Waals surface area contributed by atoms with E-state index >= 15 is 0 Å². The Balaban J connectivity index is 4.13. The van der Waals surface area contributed by atoms with E-state index in [2.05, 4.69) is 31.4 Å². The lowest BCUT2D eigenvalue weighted by molar-refractivity contribution is 0.211. The molecule has 0 heterocycles. The van der Waals surface area contributed by atoms with Crippen LogP contribution in [-0.2, 0) is 0 Å². The van der Waals surface area contributed by atoms with E-state index in [4.69, 9.17) is 5.73 Å². The summed E-state index contributed by atoms with van der Waals surface area (Å²) < 4.78 is 0. The molecule has 0 aliphatic heterocycles. The SMILES string of the molecule is CC(C)(C)CC(C)(C)NC(=O)NCN. The molecule has 4 nitrogen and oxygen atoms in total. The number of hydrogen-bond donors (Lipinski definition) is 3. The molecule has 0 radical (unpaired) electrons. The lowest BCUT2D eigenvalue weighted by Crippen LogP contribution is -2.50.